The number of nitrogens with zero attached hydrogens (tertiary/aromatic N) is 4. The summed E-state index contributed by atoms with van der Waals surface area (Å²) in [5, 5.41) is 5.66. The monoisotopic (exact) mass is 600 g/mol. The molecular formula is C34H44N6O4. The lowest BCUT2D eigenvalue weighted by molar-refractivity contribution is -0.117. The third-order valence-electron chi connectivity index (χ3n) is 8.19. The molecule has 0 atom stereocenters. The Morgan fingerprint density at radius 1 is 0.545 bits per heavy atom. The van der Waals surface area contributed by atoms with Gasteiger partial charge in [0.2, 0.25) is 11.8 Å². The van der Waals surface area contributed by atoms with Crippen LogP contribution in [0.3, 0.4) is 0 Å². The molecule has 0 saturated heterocycles. The molecular weight excluding hydrogens is 556 g/mol. The number of carbonyl (C=O) groups is 2. The molecule has 0 saturated carbocycles. The number of aromatic nitrogens is 4. The van der Waals surface area contributed by atoms with Crippen LogP contribution in [0.2, 0.25) is 0 Å². The summed E-state index contributed by atoms with van der Waals surface area (Å²) in [5.74, 6) is -0.280. The minimum atomic E-state index is -0.233. The third kappa shape index (κ3) is 7.67. The third-order valence-corrected chi connectivity index (χ3v) is 8.19. The van der Waals surface area contributed by atoms with Crippen molar-refractivity contribution in [3.8, 4) is 11.4 Å². The van der Waals surface area contributed by atoms with Gasteiger partial charge in [0, 0.05) is 26.9 Å². The minimum absolute atomic E-state index is 0.140. The number of rotatable bonds is 15. The first-order valence-electron chi connectivity index (χ1n) is 15.5. The zero-order valence-electron chi connectivity index (χ0n) is 26.3. The number of nitrogens with one attached hydrogen (secondary N) is 2. The molecule has 10 nitrogen and oxygen atoms in total. The first-order chi connectivity index (χ1) is 21.2. The Morgan fingerprint density at radius 3 is 1.20 bits per heavy atom. The van der Waals surface area contributed by atoms with Crippen molar-refractivity contribution >= 4 is 23.2 Å². The Kier molecular flexibility index (Phi) is 11.2. The fourth-order valence-electron chi connectivity index (χ4n) is 5.46. The van der Waals surface area contributed by atoms with Crippen molar-refractivity contribution in [3.63, 3.8) is 0 Å². The van der Waals surface area contributed by atoms with Crippen LogP contribution in [0.1, 0.15) is 75.6 Å². The molecule has 4 rings (SSSR count). The van der Waals surface area contributed by atoms with E-state index < -0.39 is 0 Å². The summed E-state index contributed by atoms with van der Waals surface area (Å²) in [6, 6.07) is 18.7. The van der Waals surface area contributed by atoms with Crippen molar-refractivity contribution in [2.24, 2.45) is 14.1 Å². The van der Waals surface area contributed by atoms with Gasteiger partial charge in [-0.3, -0.25) is 28.5 Å². The summed E-state index contributed by atoms with van der Waals surface area (Å²) in [7, 11) is 3.62. The molecule has 0 aliphatic carbocycles. The number of hydrogen-bond donors (Lipinski definition) is 2. The second kappa shape index (κ2) is 15.2. The molecule has 0 fully saturated rings. The van der Waals surface area contributed by atoms with Gasteiger partial charge >= 0.3 is 0 Å². The lowest BCUT2D eigenvalue weighted by Gasteiger charge is -2.07. The largest absolute Gasteiger partial charge is 0.320 e. The standard InChI is InChI=1S/C34H44N6O4/c1-25-31(33(43)39(37(25)3)27-19-13-11-14-20-27)35-29(41)23-17-9-7-5-6-8-10-18-24-30(42)36-32-26(2)38(4)40(34(32)44)28-21-15-12-16-22-28/h11-16,19-22H,5-10,17-18,23-24H2,1-4H3,(H,35,41)(H,36,42). The van der Waals surface area contributed by atoms with E-state index in [2.05, 4.69) is 10.6 Å². The number of carbonyl (C=O) groups excluding carboxylic acids is 2. The number of hydrogen-bond acceptors (Lipinski definition) is 4. The molecule has 2 aromatic heterocycles. The van der Waals surface area contributed by atoms with Crippen LogP contribution in [0.15, 0.2) is 70.3 Å². The van der Waals surface area contributed by atoms with E-state index in [1.807, 2.05) is 88.6 Å². The van der Waals surface area contributed by atoms with Crippen molar-refractivity contribution < 1.29 is 9.59 Å². The van der Waals surface area contributed by atoms with Crippen molar-refractivity contribution in [1.82, 2.24) is 18.7 Å². The van der Waals surface area contributed by atoms with Crippen LogP contribution in [-0.4, -0.2) is 30.5 Å². The zero-order chi connectivity index (χ0) is 31.6. The van der Waals surface area contributed by atoms with Crippen LogP contribution in [-0.2, 0) is 23.7 Å². The maximum Gasteiger partial charge on any atom is 0.295 e. The predicted molar refractivity (Wildman–Crippen MR) is 175 cm³/mol. The van der Waals surface area contributed by atoms with Gasteiger partial charge in [0.15, 0.2) is 0 Å². The quantitative estimate of drug-likeness (QED) is 0.169. The van der Waals surface area contributed by atoms with Gasteiger partial charge in [0.1, 0.15) is 11.4 Å². The van der Waals surface area contributed by atoms with Crippen molar-refractivity contribution in [2.75, 3.05) is 10.6 Å². The van der Waals surface area contributed by atoms with Gasteiger partial charge in [-0.15, -0.1) is 0 Å². The summed E-state index contributed by atoms with van der Waals surface area (Å²) in [6.45, 7) is 3.66. The lowest BCUT2D eigenvalue weighted by Crippen LogP contribution is -2.22. The van der Waals surface area contributed by atoms with Gasteiger partial charge in [0.25, 0.3) is 11.1 Å². The first-order valence-corrected chi connectivity index (χ1v) is 15.5. The Bertz CT molecular complexity index is 1550. The predicted octanol–water partition coefficient (Wildman–Crippen LogP) is 5.76. The highest BCUT2D eigenvalue weighted by Crippen LogP contribution is 2.17. The minimum Gasteiger partial charge on any atom is -0.320 e. The highest BCUT2D eigenvalue weighted by atomic mass is 16.2. The maximum atomic E-state index is 13.0. The fourth-order valence-corrected chi connectivity index (χ4v) is 5.46. The molecule has 2 amide bonds. The van der Waals surface area contributed by atoms with E-state index in [1.54, 1.807) is 18.7 Å². The number of anilines is 2. The Balaban J connectivity index is 1.09. The maximum absolute atomic E-state index is 13.0. The Hall–Kier alpha value is -4.60. The van der Waals surface area contributed by atoms with E-state index in [1.165, 1.54) is 0 Å². The normalized spacial score (nSPS) is 11.1. The second-order valence-electron chi connectivity index (χ2n) is 11.3. The van der Waals surface area contributed by atoms with E-state index in [-0.39, 0.29) is 22.9 Å². The van der Waals surface area contributed by atoms with Crippen LogP contribution >= 0.6 is 0 Å². The molecule has 2 heterocycles. The molecule has 0 aliphatic heterocycles. The Labute approximate surface area is 258 Å². The molecule has 0 aliphatic rings. The van der Waals surface area contributed by atoms with Crippen LogP contribution < -0.4 is 21.8 Å². The second-order valence-corrected chi connectivity index (χ2v) is 11.3. The summed E-state index contributed by atoms with van der Waals surface area (Å²) in [4.78, 5) is 51.0. The molecule has 0 unspecified atom stereocenters. The Morgan fingerprint density at radius 2 is 0.864 bits per heavy atom. The van der Waals surface area contributed by atoms with Gasteiger partial charge < -0.3 is 10.6 Å². The average Bonchev–Trinajstić information content (AvgIpc) is 3.36. The van der Waals surface area contributed by atoms with Gasteiger partial charge in [-0.2, -0.15) is 0 Å². The molecule has 0 radical (unpaired) electrons. The number of amides is 2. The molecule has 2 N–H and O–H groups in total. The zero-order valence-corrected chi connectivity index (χ0v) is 26.3. The van der Waals surface area contributed by atoms with Crippen LogP contribution in [0.5, 0.6) is 0 Å². The molecule has 4 aromatic rings. The number of unbranched alkanes of at least 4 members (excludes halogenated alkanes) is 7. The van der Waals surface area contributed by atoms with Crippen molar-refractivity contribution in [1.29, 1.82) is 0 Å². The highest BCUT2D eigenvalue weighted by molar-refractivity contribution is 5.91. The van der Waals surface area contributed by atoms with Gasteiger partial charge in [0.05, 0.1) is 22.8 Å². The summed E-state index contributed by atoms with van der Waals surface area (Å²) >= 11 is 0. The van der Waals surface area contributed by atoms with Gasteiger partial charge in [-0.25, -0.2) is 9.36 Å². The number of benzene rings is 2. The van der Waals surface area contributed by atoms with E-state index in [9.17, 15) is 19.2 Å². The summed E-state index contributed by atoms with van der Waals surface area (Å²) in [5.41, 5.74) is 3.13. The summed E-state index contributed by atoms with van der Waals surface area (Å²) in [6.07, 6.45) is 8.46. The van der Waals surface area contributed by atoms with Crippen LogP contribution in [0.25, 0.3) is 11.4 Å². The average molecular weight is 601 g/mol. The van der Waals surface area contributed by atoms with Crippen molar-refractivity contribution in [3.05, 3.63) is 92.8 Å². The van der Waals surface area contributed by atoms with E-state index in [4.69, 9.17) is 0 Å². The molecule has 0 bridgehead atoms. The van der Waals surface area contributed by atoms with Crippen LogP contribution in [0.4, 0.5) is 11.4 Å². The highest BCUT2D eigenvalue weighted by Gasteiger charge is 2.19. The fraction of sp³-hybridized carbons (Fsp3) is 0.412. The molecule has 2 aromatic carbocycles. The molecule has 10 heteroatoms. The van der Waals surface area contributed by atoms with E-state index in [0.717, 1.165) is 62.7 Å². The number of para-hydroxylation sites is 2. The van der Waals surface area contributed by atoms with E-state index in [0.29, 0.717) is 35.6 Å². The molecule has 234 valence electrons. The smallest absolute Gasteiger partial charge is 0.295 e. The molecule has 0 spiro atoms. The lowest BCUT2D eigenvalue weighted by atomic mass is 10.1. The van der Waals surface area contributed by atoms with Crippen LogP contribution in [0, 0.1) is 13.8 Å². The van der Waals surface area contributed by atoms with Crippen molar-refractivity contribution in [2.45, 2.75) is 78.1 Å². The van der Waals surface area contributed by atoms with Gasteiger partial charge in [-0.1, -0.05) is 74.9 Å². The topological polar surface area (TPSA) is 112 Å². The SMILES string of the molecule is Cc1c(NC(=O)CCCCCCCCCCC(=O)Nc2c(C)n(C)n(-c3ccccc3)c2=O)c(=O)n(-c2ccccc2)n1C. The first kappa shape index (κ1) is 32.3. The summed E-state index contributed by atoms with van der Waals surface area (Å²) < 4.78 is 6.63. The molecule has 44 heavy (non-hydrogen) atoms. The van der Waals surface area contributed by atoms with Gasteiger partial charge in [-0.05, 0) is 51.0 Å². The van der Waals surface area contributed by atoms with E-state index >= 15 is 0 Å².